The smallest absolute Gasteiger partial charge is 0.324 e. The Morgan fingerprint density at radius 1 is 1.24 bits per heavy atom. The van der Waals surface area contributed by atoms with Gasteiger partial charge in [-0.2, -0.15) is 4.98 Å². The minimum atomic E-state index is -0.0318. The van der Waals surface area contributed by atoms with Crippen molar-refractivity contribution in [1.82, 2.24) is 15.0 Å². The zero-order valence-corrected chi connectivity index (χ0v) is 15.2. The Morgan fingerprint density at radius 3 is 2.52 bits per heavy atom. The summed E-state index contributed by atoms with van der Waals surface area (Å²) in [6.07, 6.45) is 0. The molecule has 1 saturated heterocycles. The average molecular weight is 364 g/mol. The monoisotopic (exact) mass is 363 g/mol. The summed E-state index contributed by atoms with van der Waals surface area (Å²) in [4.78, 5) is 20.8. The van der Waals surface area contributed by atoms with Crippen LogP contribution in [0, 0.1) is 0 Å². The summed E-state index contributed by atoms with van der Waals surface area (Å²) in [5.41, 5.74) is 0.750. The minimum Gasteiger partial charge on any atom is -0.325 e. The van der Waals surface area contributed by atoms with Gasteiger partial charge in [0.05, 0.1) is 6.54 Å². The predicted octanol–water partition coefficient (Wildman–Crippen LogP) is 2.61. The van der Waals surface area contributed by atoms with E-state index in [1.807, 2.05) is 13.8 Å². The second-order valence-corrected chi connectivity index (χ2v) is 6.84. The number of piperazine rings is 1. The average Bonchev–Trinajstić information content (AvgIpc) is 3.08. The molecule has 3 rings (SSSR count). The van der Waals surface area contributed by atoms with Crippen molar-refractivity contribution in [2.75, 3.05) is 42.9 Å². The first-order chi connectivity index (χ1) is 12.0. The Kier molecular flexibility index (Phi) is 5.55. The molecule has 25 heavy (non-hydrogen) atoms. The van der Waals surface area contributed by atoms with Crippen LogP contribution in [0.5, 0.6) is 0 Å². The topological polar surface area (TPSA) is 74.5 Å². The maximum absolute atomic E-state index is 12.2. The van der Waals surface area contributed by atoms with Crippen LogP contribution in [0.25, 0.3) is 0 Å². The lowest BCUT2D eigenvalue weighted by Crippen LogP contribution is -2.48. The highest BCUT2D eigenvalue weighted by Crippen LogP contribution is 2.18. The Balaban J connectivity index is 1.47. The van der Waals surface area contributed by atoms with Crippen molar-refractivity contribution in [3.63, 3.8) is 0 Å². The van der Waals surface area contributed by atoms with Crippen molar-refractivity contribution >= 4 is 29.2 Å². The lowest BCUT2D eigenvalue weighted by atomic mass is 10.2. The second-order valence-electron chi connectivity index (χ2n) is 6.41. The van der Waals surface area contributed by atoms with Crippen LogP contribution >= 0.6 is 11.6 Å². The lowest BCUT2D eigenvalue weighted by molar-refractivity contribution is -0.117. The van der Waals surface area contributed by atoms with E-state index >= 15 is 0 Å². The van der Waals surface area contributed by atoms with Crippen LogP contribution < -0.4 is 10.2 Å². The minimum absolute atomic E-state index is 0.0318. The fourth-order valence-electron chi connectivity index (χ4n) is 2.62. The number of carbonyl (C=O) groups excluding carboxylic acids is 1. The molecule has 0 spiro atoms. The zero-order valence-electron chi connectivity index (χ0n) is 14.4. The fourth-order valence-corrected chi connectivity index (χ4v) is 2.75. The molecule has 134 valence electrons. The van der Waals surface area contributed by atoms with Crippen molar-refractivity contribution in [3.05, 3.63) is 35.1 Å². The second kappa shape index (κ2) is 7.84. The number of halogens is 1. The third-order valence-electron chi connectivity index (χ3n) is 4.09. The van der Waals surface area contributed by atoms with Crippen molar-refractivity contribution in [3.8, 4) is 0 Å². The number of carbonyl (C=O) groups is 1. The number of anilines is 2. The Hall–Kier alpha value is -2.12. The molecule has 0 atom stereocenters. The number of benzene rings is 1. The van der Waals surface area contributed by atoms with Gasteiger partial charge in [-0.05, 0) is 24.3 Å². The van der Waals surface area contributed by atoms with Gasteiger partial charge in [0.15, 0.2) is 5.82 Å². The molecule has 1 aromatic heterocycles. The number of amides is 1. The van der Waals surface area contributed by atoms with E-state index in [1.54, 1.807) is 24.3 Å². The van der Waals surface area contributed by atoms with Gasteiger partial charge in [0, 0.05) is 42.8 Å². The molecule has 7 nitrogen and oxygen atoms in total. The molecule has 1 aliphatic rings. The van der Waals surface area contributed by atoms with Crippen LogP contribution in [0.3, 0.4) is 0 Å². The van der Waals surface area contributed by atoms with Crippen molar-refractivity contribution < 1.29 is 9.32 Å². The molecular formula is C17H22ClN5O2. The fraction of sp³-hybridized carbons (Fsp3) is 0.471. The maximum Gasteiger partial charge on any atom is 0.324 e. The van der Waals surface area contributed by atoms with E-state index in [4.69, 9.17) is 16.1 Å². The summed E-state index contributed by atoms with van der Waals surface area (Å²) in [6, 6.07) is 7.66. The summed E-state index contributed by atoms with van der Waals surface area (Å²) in [7, 11) is 0. The number of hydrogen-bond acceptors (Lipinski definition) is 6. The largest absolute Gasteiger partial charge is 0.325 e. The summed E-state index contributed by atoms with van der Waals surface area (Å²) in [5.74, 6) is 0.936. The van der Waals surface area contributed by atoms with Crippen LogP contribution in [0.2, 0.25) is 5.02 Å². The number of rotatable bonds is 5. The highest BCUT2D eigenvalue weighted by Gasteiger charge is 2.23. The summed E-state index contributed by atoms with van der Waals surface area (Å²) in [5, 5.41) is 7.53. The maximum atomic E-state index is 12.2. The number of nitrogens with zero attached hydrogens (tertiary/aromatic N) is 4. The molecule has 1 fully saturated rings. The Morgan fingerprint density at radius 2 is 1.92 bits per heavy atom. The number of hydrogen-bond donors (Lipinski definition) is 1. The molecule has 2 heterocycles. The SMILES string of the molecule is CC(C)c1noc(N2CCN(CC(=O)Nc3ccc(Cl)cc3)CC2)n1. The first-order valence-corrected chi connectivity index (χ1v) is 8.75. The molecular weight excluding hydrogens is 342 g/mol. The van der Waals surface area contributed by atoms with Crippen molar-refractivity contribution in [2.45, 2.75) is 19.8 Å². The van der Waals surface area contributed by atoms with E-state index in [-0.39, 0.29) is 11.8 Å². The van der Waals surface area contributed by atoms with Gasteiger partial charge in [0.2, 0.25) is 5.91 Å². The van der Waals surface area contributed by atoms with Crippen LogP contribution in [-0.2, 0) is 4.79 Å². The highest BCUT2D eigenvalue weighted by molar-refractivity contribution is 6.30. The molecule has 1 amide bonds. The summed E-state index contributed by atoms with van der Waals surface area (Å²) in [6.45, 7) is 7.48. The first kappa shape index (κ1) is 17.7. The van der Waals surface area contributed by atoms with Crippen LogP contribution in [0.4, 0.5) is 11.7 Å². The normalized spacial score (nSPS) is 15.6. The van der Waals surface area contributed by atoms with E-state index in [9.17, 15) is 4.79 Å². The van der Waals surface area contributed by atoms with Gasteiger partial charge in [-0.3, -0.25) is 9.69 Å². The molecule has 1 N–H and O–H groups in total. The molecule has 0 aliphatic carbocycles. The van der Waals surface area contributed by atoms with Gasteiger partial charge >= 0.3 is 6.01 Å². The van der Waals surface area contributed by atoms with E-state index in [0.29, 0.717) is 17.6 Å². The molecule has 0 unspecified atom stereocenters. The van der Waals surface area contributed by atoms with Gasteiger partial charge in [0.25, 0.3) is 0 Å². The summed E-state index contributed by atoms with van der Waals surface area (Å²) < 4.78 is 5.33. The molecule has 0 bridgehead atoms. The van der Waals surface area contributed by atoms with Crippen LogP contribution in [0.1, 0.15) is 25.6 Å². The van der Waals surface area contributed by atoms with E-state index in [1.165, 1.54) is 0 Å². The standard InChI is InChI=1S/C17H22ClN5O2/c1-12(2)16-20-17(25-21-16)23-9-7-22(8-10-23)11-15(24)19-14-5-3-13(18)4-6-14/h3-6,12H,7-11H2,1-2H3,(H,19,24). The van der Waals surface area contributed by atoms with E-state index < -0.39 is 0 Å². The van der Waals surface area contributed by atoms with Crippen molar-refractivity contribution in [2.24, 2.45) is 0 Å². The van der Waals surface area contributed by atoms with Gasteiger partial charge in [0.1, 0.15) is 0 Å². The number of aromatic nitrogens is 2. The van der Waals surface area contributed by atoms with Crippen LogP contribution in [0.15, 0.2) is 28.8 Å². The zero-order chi connectivity index (χ0) is 17.8. The van der Waals surface area contributed by atoms with Gasteiger partial charge in [-0.1, -0.05) is 30.6 Å². The first-order valence-electron chi connectivity index (χ1n) is 8.37. The third-order valence-corrected chi connectivity index (χ3v) is 4.34. The van der Waals surface area contributed by atoms with E-state index in [0.717, 1.165) is 37.7 Å². The highest BCUT2D eigenvalue weighted by atomic mass is 35.5. The molecule has 1 aliphatic heterocycles. The Labute approximate surface area is 151 Å². The van der Waals surface area contributed by atoms with Gasteiger partial charge in [-0.15, -0.1) is 0 Å². The quantitative estimate of drug-likeness (QED) is 0.880. The number of nitrogens with one attached hydrogen (secondary N) is 1. The molecule has 0 saturated carbocycles. The lowest BCUT2D eigenvalue weighted by Gasteiger charge is -2.32. The van der Waals surface area contributed by atoms with Crippen LogP contribution in [-0.4, -0.2) is 53.7 Å². The van der Waals surface area contributed by atoms with Gasteiger partial charge in [-0.25, -0.2) is 0 Å². The third kappa shape index (κ3) is 4.70. The molecule has 2 aromatic rings. The molecule has 1 aromatic carbocycles. The van der Waals surface area contributed by atoms with E-state index in [2.05, 4.69) is 25.3 Å². The summed E-state index contributed by atoms with van der Waals surface area (Å²) >= 11 is 5.84. The Bertz CT molecular complexity index is 708. The predicted molar refractivity (Wildman–Crippen MR) is 97.1 cm³/mol. The van der Waals surface area contributed by atoms with Gasteiger partial charge < -0.3 is 14.7 Å². The molecule has 0 radical (unpaired) electrons. The molecule has 8 heteroatoms. The van der Waals surface area contributed by atoms with Crippen molar-refractivity contribution in [1.29, 1.82) is 0 Å².